The van der Waals surface area contributed by atoms with Crippen molar-refractivity contribution in [1.29, 1.82) is 0 Å². The fraction of sp³-hybridized carbons (Fsp3) is 0.214. The summed E-state index contributed by atoms with van der Waals surface area (Å²) in [5.74, 6) is -0.757. The highest BCUT2D eigenvalue weighted by molar-refractivity contribution is 9.10. The Kier molecular flexibility index (Phi) is 3.27. The molecule has 1 heterocycles. The molecule has 1 fully saturated rings. The predicted molar refractivity (Wildman–Crippen MR) is 74.4 cm³/mol. The number of hydrogen-bond acceptors (Lipinski definition) is 2. The van der Waals surface area contributed by atoms with Crippen molar-refractivity contribution in [2.45, 2.75) is 12.8 Å². The van der Waals surface area contributed by atoms with Crippen molar-refractivity contribution in [3.05, 3.63) is 45.2 Å². The third-order valence-corrected chi connectivity index (χ3v) is 4.81. The van der Waals surface area contributed by atoms with Gasteiger partial charge in [0, 0.05) is 16.4 Å². The molecule has 0 radical (unpaired) electrons. The third-order valence-electron chi connectivity index (χ3n) is 3.07. The molecule has 3 rings (SSSR count). The van der Waals surface area contributed by atoms with Gasteiger partial charge < -0.3 is 0 Å². The first kappa shape index (κ1) is 12.9. The quantitative estimate of drug-likeness (QED) is 0.563. The largest absolute Gasteiger partial charge is 0.293 e. The van der Waals surface area contributed by atoms with E-state index in [1.807, 2.05) is 0 Å². The topological polar surface area (TPSA) is 17.1 Å². The number of benzene rings is 1. The van der Waals surface area contributed by atoms with E-state index < -0.39 is 11.6 Å². The molecule has 0 amide bonds. The van der Waals surface area contributed by atoms with Crippen molar-refractivity contribution in [2.24, 2.45) is 5.92 Å². The molecule has 2 aromatic rings. The number of carbonyl (C=O) groups is 1. The fourth-order valence-corrected chi connectivity index (χ4v) is 3.23. The maximum absolute atomic E-state index is 13.8. The molecule has 0 unspecified atom stereocenters. The summed E-state index contributed by atoms with van der Waals surface area (Å²) < 4.78 is 27.4. The zero-order valence-electron chi connectivity index (χ0n) is 9.75. The van der Waals surface area contributed by atoms with Crippen LogP contribution in [0.25, 0.3) is 10.4 Å². The molecule has 19 heavy (non-hydrogen) atoms. The van der Waals surface area contributed by atoms with E-state index in [9.17, 15) is 13.6 Å². The number of Topliss-reactive ketones (excluding diaryl/α,β-unsaturated/α-hetero) is 1. The summed E-state index contributed by atoms with van der Waals surface area (Å²) in [6.07, 6.45) is 1.88. The smallest absolute Gasteiger partial charge is 0.175 e. The SMILES string of the molecule is O=C(c1ccc(-c2cc(F)c(Br)cc2F)s1)C1CC1. The minimum Gasteiger partial charge on any atom is -0.293 e. The molecular weight excluding hydrogens is 334 g/mol. The molecule has 1 aliphatic rings. The summed E-state index contributed by atoms with van der Waals surface area (Å²) in [4.78, 5) is 13.1. The van der Waals surface area contributed by atoms with Crippen LogP contribution >= 0.6 is 27.3 Å². The lowest BCUT2D eigenvalue weighted by Gasteiger charge is -2.02. The standard InChI is InChI=1S/C14H9BrF2OS/c15-9-6-10(16)8(5-11(9)17)12-3-4-13(19-12)14(18)7-1-2-7/h3-7H,1-2H2. The zero-order valence-corrected chi connectivity index (χ0v) is 12.2. The lowest BCUT2D eigenvalue weighted by Crippen LogP contribution is -1.96. The zero-order chi connectivity index (χ0) is 13.6. The van der Waals surface area contributed by atoms with E-state index >= 15 is 0 Å². The number of carbonyl (C=O) groups excluding carboxylic acids is 1. The summed E-state index contributed by atoms with van der Waals surface area (Å²) in [5.41, 5.74) is 0.195. The Morgan fingerprint density at radius 1 is 1.21 bits per heavy atom. The monoisotopic (exact) mass is 342 g/mol. The van der Waals surface area contributed by atoms with Gasteiger partial charge in [-0.05, 0) is 53.0 Å². The second kappa shape index (κ2) is 4.80. The van der Waals surface area contributed by atoms with Crippen LogP contribution < -0.4 is 0 Å². The first-order valence-electron chi connectivity index (χ1n) is 5.85. The van der Waals surface area contributed by atoms with Gasteiger partial charge in [-0.3, -0.25) is 4.79 Å². The molecule has 0 spiro atoms. The molecule has 1 aromatic heterocycles. The molecule has 0 aliphatic heterocycles. The normalized spacial score (nSPS) is 14.7. The third kappa shape index (κ3) is 2.49. The Morgan fingerprint density at radius 3 is 2.63 bits per heavy atom. The van der Waals surface area contributed by atoms with Crippen LogP contribution in [-0.2, 0) is 0 Å². The van der Waals surface area contributed by atoms with Crippen LogP contribution in [0.4, 0.5) is 8.78 Å². The first-order chi connectivity index (χ1) is 9.06. The number of rotatable bonds is 3. The molecule has 98 valence electrons. The van der Waals surface area contributed by atoms with Crippen molar-refractivity contribution in [1.82, 2.24) is 0 Å². The molecule has 0 bridgehead atoms. The van der Waals surface area contributed by atoms with Crippen molar-refractivity contribution in [3.8, 4) is 10.4 Å². The van der Waals surface area contributed by atoms with E-state index in [1.165, 1.54) is 11.3 Å². The Bertz CT molecular complexity index is 661. The first-order valence-corrected chi connectivity index (χ1v) is 7.46. The van der Waals surface area contributed by atoms with Gasteiger partial charge in [0.05, 0.1) is 9.35 Å². The van der Waals surface area contributed by atoms with Crippen molar-refractivity contribution in [2.75, 3.05) is 0 Å². The minimum atomic E-state index is -0.514. The minimum absolute atomic E-state index is 0.0968. The van der Waals surface area contributed by atoms with E-state index in [2.05, 4.69) is 15.9 Å². The van der Waals surface area contributed by atoms with Gasteiger partial charge in [0.2, 0.25) is 0 Å². The molecule has 1 nitrogen and oxygen atoms in total. The van der Waals surface area contributed by atoms with E-state index in [4.69, 9.17) is 0 Å². The van der Waals surface area contributed by atoms with E-state index in [0.29, 0.717) is 9.75 Å². The molecule has 1 aliphatic carbocycles. The van der Waals surface area contributed by atoms with Gasteiger partial charge in [0.15, 0.2) is 5.78 Å². The highest BCUT2D eigenvalue weighted by atomic mass is 79.9. The Balaban J connectivity index is 1.98. The Labute approximate surface area is 121 Å². The highest BCUT2D eigenvalue weighted by Crippen LogP contribution is 2.38. The molecular formula is C14H9BrF2OS. The lowest BCUT2D eigenvalue weighted by molar-refractivity contribution is 0.0971. The summed E-state index contributed by atoms with van der Waals surface area (Å²) in [7, 11) is 0. The second-order valence-electron chi connectivity index (χ2n) is 4.55. The van der Waals surface area contributed by atoms with E-state index in [-0.39, 0.29) is 21.7 Å². The van der Waals surface area contributed by atoms with Gasteiger partial charge in [0.1, 0.15) is 11.6 Å². The summed E-state index contributed by atoms with van der Waals surface area (Å²) in [6.45, 7) is 0. The molecule has 0 saturated heterocycles. The predicted octanol–water partition coefficient (Wildman–Crippen LogP) is 5.05. The number of thiophene rings is 1. The fourth-order valence-electron chi connectivity index (χ4n) is 1.87. The van der Waals surface area contributed by atoms with Crippen molar-refractivity contribution >= 4 is 33.0 Å². The van der Waals surface area contributed by atoms with Crippen LogP contribution in [0, 0.1) is 17.6 Å². The highest BCUT2D eigenvalue weighted by Gasteiger charge is 2.31. The number of halogens is 3. The van der Waals surface area contributed by atoms with Crippen LogP contribution in [0.1, 0.15) is 22.5 Å². The van der Waals surface area contributed by atoms with Gasteiger partial charge in [-0.1, -0.05) is 0 Å². The van der Waals surface area contributed by atoms with Crippen LogP contribution in [0.5, 0.6) is 0 Å². The van der Waals surface area contributed by atoms with Crippen molar-refractivity contribution < 1.29 is 13.6 Å². The van der Waals surface area contributed by atoms with Gasteiger partial charge in [-0.25, -0.2) is 8.78 Å². The summed E-state index contributed by atoms with van der Waals surface area (Å²) in [6, 6.07) is 5.62. The average Bonchev–Trinajstić information content (AvgIpc) is 3.11. The molecule has 0 N–H and O–H groups in total. The van der Waals surface area contributed by atoms with Gasteiger partial charge >= 0.3 is 0 Å². The summed E-state index contributed by atoms with van der Waals surface area (Å²) >= 11 is 4.16. The average molecular weight is 343 g/mol. The molecule has 1 aromatic carbocycles. The maximum Gasteiger partial charge on any atom is 0.175 e. The Morgan fingerprint density at radius 2 is 1.95 bits per heavy atom. The number of ketones is 1. The summed E-state index contributed by atoms with van der Waals surface area (Å²) in [5, 5.41) is 0. The molecule has 0 atom stereocenters. The van der Waals surface area contributed by atoms with Crippen LogP contribution in [0.15, 0.2) is 28.7 Å². The van der Waals surface area contributed by atoms with Crippen LogP contribution in [0.3, 0.4) is 0 Å². The molecule has 1 saturated carbocycles. The van der Waals surface area contributed by atoms with Crippen LogP contribution in [0.2, 0.25) is 0 Å². The van der Waals surface area contributed by atoms with E-state index in [1.54, 1.807) is 12.1 Å². The van der Waals surface area contributed by atoms with E-state index in [0.717, 1.165) is 25.0 Å². The Hall–Kier alpha value is -1.07. The van der Waals surface area contributed by atoms with Gasteiger partial charge in [-0.2, -0.15) is 0 Å². The van der Waals surface area contributed by atoms with Crippen LogP contribution in [-0.4, -0.2) is 5.78 Å². The molecule has 5 heteroatoms. The number of hydrogen-bond donors (Lipinski definition) is 0. The van der Waals surface area contributed by atoms with Crippen molar-refractivity contribution in [3.63, 3.8) is 0 Å². The van der Waals surface area contributed by atoms with Gasteiger partial charge in [-0.15, -0.1) is 11.3 Å². The second-order valence-corrected chi connectivity index (χ2v) is 6.49. The van der Waals surface area contributed by atoms with Gasteiger partial charge in [0.25, 0.3) is 0 Å². The maximum atomic E-state index is 13.8. The lowest BCUT2D eigenvalue weighted by atomic mass is 10.1.